The van der Waals surface area contributed by atoms with Crippen LogP contribution in [-0.4, -0.2) is 66.2 Å². The van der Waals surface area contributed by atoms with E-state index in [1.165, 1.54) is 12.8 Å². The number of nitrogens with one attached hydrogen (secondary N) is 1. The molecule has 1 atom stereocenters. The van der Waals surface area contributed by atoms with Crippen LogP contribution in [0.25, 0.3) is 0 Å². The third-order valence-corrected chi connectivity index (χ3v) is 6.11. The maximum atomic E-state index is 12.8. The van der Waals surface area contributed by atoms with Crippen LogP contribution in [0.5, 0.6) is 0 Å². The predicted molar refractivity (Wildman–Crippen MR) is 103 cm³/mol. The van der Waals surface area contributed by atoms with E-state index < -0.39 is 0 Å². The first-order valence-electron chi connectivity index (χ1n) is 10.2. The summed E-state index contributed by atoms with van der Waals surface area (Å²) >= 11 is 0. The van der Waals surface area contributed by atoms with Crippen molar-refractivity contribution in [2.75, 3.05) is 32.8 Å². The lowest BCUT2D eigenvalue weighted by Crippen LogP contribution is -2.58. The summed E-state index contributed by atoms with van der Waals surface area (Å²) in [5, 5.41) is 3.17. The quantitative estimate of drug-likeness (QED) is 0.869. The SMILES string of the molecule is O=C(N[C@H]1CCCN(C(=O)c2ccccc2)C1)N1CCOC2(CCCC2)C1. The normalized spacial score (nSPS) is 24.8. The first kappa shape index (κ1) is 18.3. The van der Waals surface area contributed by atoms with Crippen LogP contribution in [0.15, 0.2) is 30.3 Å². The van der Waals surface area contributed by atoms with Gasteiger partial charge in [-0.25, -0.2) is 4.79 Å². The van der Waals surface area contributed by atoms with Gasteiger partial charge in [0.05, 0.1) is 18.8 Å². The van der Waals surface area contributed by atoms with E-state index in [1.54, 1.807) is 0 Å². The number of amides is 3. The van der Waals surface area contributed by atoms with Crippen molar-refractivity contribution < 1.29 is 14.3 Å². The number of morpholine rings is 1. The Kier molecular flexibility index (Phi) is 5.34. The number of likely N-dealkylation sites (tertiary alicyclic amines) is 1. The van der Waals surface area contributed by atoms with E-state index >= 15 is 0 Å². The van der Waals surface area contributed by atoms with Gasteiger partial charge in [0, 0.05) is 31.2 Å². The topological polar surface area (TPSA) is 61.9 Å². The smallest absolute Gasteiger partial charge is 0.317 e. The molecular formula is C21H29N3O3. The van der Waals surface area contributed by atoms with Gasteiger partial charge in [-0.2, -0.15) is 0 Å². The minimum atomic E-state index is -0.114. The van der Waals surface area contributed by atoms with Crippen LogP contribution in [-0.2, 0) is 4.74 Å². The number of rotatable bonds is 2. The number of benzene rings is 1. The Bertz CT molecular complexity index is 673. The van der Waals surface area contributed by atoms with E-state index in [1.807, 2.05) is 40.1 Å². The van der Waals surface area contributed by atoms with E-state index in [0.717, 1.165) is 32.2 Å². The van der Waals surface area contributed by atoms with Gasteiger partial charge in [0.1, 0.15) is 0 Å². The van der Waals surface area contributed by atoms with Crippen LogP contribution < -0.4 is 5.32 Å². The highest BCUT2D eigenvalue weighted by Crippen LogP contribution is 2.35. The molecule has 0 aromatic heterocycles. The number of urea groups is 1. The highest BCUT2D eigenvalue weighted by molar-refractivity contribution is 5.94. The number of carbonyl (C=O) groups excluding carboxylic acids is 2. The number of ether oxygens (including phenoxy) is 1. The van der Waals surface area contributed by atoms with Gasteiger partial charge in [-0.05, 0) is 37.8 Å². The predicted octanol–water partition coefficient (Wildman–Crippen LogP) is 2.65. The monoisotopic (exact) mass is 371 g/mol. The van der Waals surface area contributed by atoms with Crippen LogP contribution in [0, 0.1) is 0 Å². The summed E-state index contributed by atoms with van der Waals surface area (Å²) in [7, 11) is 0. The fourth-order valence-electron chi connectivity index (χ4n) is 4.65. The molecule has 3 amide bonds. The zero-order chi connectivity index (χ0) is 18.7. The van der Waals surface area contributed by atoms with Crippen LogP contribution in [0.2, 0.25) is 0 Å². The molecule has 2 aliphatic heterocycles. The second kappa shape index (κ2) is 7.89. The maximum absolute atomic E-state index is 12.8. The van der Waals surface area contributed by atoms with Crippen molar-refractivity contribution in [2.45, 2.75) is 50.2 Å². The lowest BCUT2D eigenvalue weighted by Gasteiger charge is -2.41. The molecule has 6 nitrogen and oxygen atoms in total. The van der Waals surface area contributed by atoms with Gasteiger partial charge in [-0.1, -0.05) is 31.0 Å². The molecular weight excluding hydrogens is 342 g/mol. The zero-order valence-corrected chi connectivity index (χ0v) is 15.9. The lowest BCUT2D eigenvalue weighted by atomic mass is 10.00. The fraction of sp³-hybridized carbons (Fsp3) is 0.619. The average Bonchev–Trinajstić information content (AvgIpc) is 3.15. The summed E-state index contributed by atoms with van der Waals surface area (Å²) in [6.45, 7) is 3.29. The van der Waals surface area contributed by atoms with E-state index in [-0.39, 0.29) is 23.6 Å². The summed E-state index contributed by atoms with van der Waals surface area (Å²) in [6.07, 6.45) is 6.32. The molecule has 27 heavy (non-hydrogen) atoms. The molecule has 1 spiro atoms. The molecule has 4 rings (SSSR count). The standard InChI is InChI=1S/C21H29N3O3/c25-19(17-7-2-1-3-8-17)23-12-6-9-18(15-23)22-20(26)24-13-14-27-21(16-24)10-4-5-11-21/h1-3,7-8,18H,4-6,9-16H2,(H,22,26)/t18-/m0/s1. The number of piperidine rings is 1. The number of nitrogens with zero attached hydrogens (tertiary/aromatic N) is 2. The van der Waals surface area contributed by atoms with Gasteiger partial charge in [0.25, 0.3) is 5.91 Å². The number of hydrogen-bond donors (Lipinski definition) is 1. The number of carbonyl (C=O) groups is 2. The second-order valence-electron chi connectivity index (χ2n) is 8.07. The van der Waals surface area contributed by atoms with Crippen molar-refractivity contribution in [1.29, 1.82) is 0 Å². The Labute approximate surface area is 160 Å². The molecule has 2 heterocycles. The van der Waals surface area contributed by atoms with Crippen molar-refractivity contribution in [3.63, 3.8) is 0 Å². The van der Waals surface area contributed by atoms with Crippen molar-refractivity contribution >= 4 is 11.9 Å². The Balaban J connectivity index is 1.33. The van der Waals surface area contributed by atoms with E-state index in [9.17, 15) is 9.59 Å². The molecule has 3 fully saturated rings. The molecule has 146 valence electrons. The Morgan fingerprint density at radius 2 is 1.81 bits per heavy atom. The molecule has 0 bridgehead atoms. The highest BCUT2D eigenvalue weighted by atomic mass is 16.5. The zero-order valence-electron chi connectivity index (χ0n) is 15.9. The molecule has 6 heteroatoms. The first-order valence-corrected chi connectivity index (χ1v) is 10.2. The van der Waals surface area contributed by atoms with Gasteiger partial charge < -0.3 is 19.9 Å². The van der Waals surface area contributed by atoms with E-state index in [0.29, 0.717) is 31.8 Å². The summed E-state index contributed by atoms with van der Waals surface area (Å²) in [5.41, 5.74) is 0.595. The minimum Gasteiger partial charge on any atom is -0.371 e. The van der Waals surface area contributed by atoms with Gasteiger partial charge in [-0.15, -0.1) is 0 Å². The third-order valence-electron chi connectivity index (χ3n) is 6.11. The van der Waals surface area contributed by atoms with Gasteiger partial charge >= 0.3 is 6.03 Å². The van der Waals surface area contributed by atoms with Crippen molar-refractivity contribution in [3.05, 3.63) is 35.9 Å². The third kappa shape index (κ3) is 4.10. The maximum Gasteiger partial charge on any atom is 0.317 e. The Morgan fingerprint density at radius 3 is 2.59 bits per heavy atom. The van der Waals surface area contributed by atoms with Crippen molar-refractivity contribution in [2.24, 2.45) is 0 Å². The van der Waals surface area contributed by atoms with Crippen LogP contribution >= 0.6 is 0 Å². The molecule has 2 saturated heterocycles. The van der Waals surface area contributed by atoms with Gasteiger partial charge in [-0.3, -0.25) is 4.79 Å². The summed E-state index contributed by atoms with van der Waals surface area (Å²) in [6, 6.07) is 9.38. The van der Waals surface area contributed by atoms with Gasteiger partial charge in [0.2, 0.25) is 0 Å². The first-order chi connectivity index (χ1) is 13.2. The van der Waals surface area contributed by atoms with E-state index in [2.05, 4.69) is 5.32 Å². The van der Waals surface area contributed by atoms with E-state index in [4.69, 9.17) is 4.74 Å². The molecule has 1 saturated carbocycles. The van der Waals surface area contributed by atoms with Crippen LogP contribution in [0.4, 0.5) is 4.79 Å². The molecule has 1 aliphatic carbocycles. The average molecular weight is 371 g/mol. The van der Waals surface area contributed by atoms with Gasteiger partial charge in [0.15, 0.2) is 0 Å². The van der Waals surface area contributed by atoms with Crippen LogP contribution in [0.3, 0.4) is 0 Å². The lowest BCUT2D eigenvalue weighted by molar-refractivity contribution is -0.0928. The molecule has 0 radical (unpaired) electrons. The molecule has 1 N–H and O–H groups in total. The minimum absolute atomic E-state index is 0.0106. The molecule has 0 unspecified atom stereocenters. The fourth-order valence-corrected chi connectivity index (χ4v) is 4.65. The number of hydrogen-bond acceptors (Lipinski definition) is 3. The van der Waals surface area contributed by atoms with Crippen LogP contribution in [0.1, 0.15) is 48.9 Å². The van der Waals surface area contributed by atoms with Crippen molar-refractivity contribution in [3.8, 4) is 0 Å². The molecule has 1 aromatic rings. The Morgan fingerprint density at radius 1 is 1.04 bits per heavy atom. The highest BCUT2D eigenvalue weighted by Gasteiger charge is 2.41. The largest absolute Gasteiger partial charge is 0.371 e. The van der Waals surface area contributed by atoms with Crippen molar-refractivity contribution in [1.82, 2.24) is 15.1 Å². The molecule has 1 aromatic carbocycles. The Hall–Kier alpha value is -2.08. The summed E-state index contributed by atoms with van der Waals surface area (Å²) in [5.74, 6) is 0.0471. The summed E-state index contributed by atoms with van der Waals surface area (Å²) in [4.78, 5) is 29.3. The second-order valence-corrected chi connectivity index (χ2v) is 8.07. The molecule has 3 aliphatic rings. The summed E-state index contributed by atoms with van der Waals surface area (Å²) < 4.78 is 6.02.